The number of rotatable bonds is 5. The molecule has 9 heteroatoms. The normalized spacial score (nSPS) is 10.1. The summed E-state index contributed by atoms with van der Waals surface area (Å²) in [5.41, 5.74) is 0.271. The van der Waals surface area contributed by atoms with Gasteiger partial charge in [-0.15, -0.1) is 5.10 Å². The molecule has 0 saturated carbocycles. The summed E-state index contributed by atoms with van der Waals surface area (Å²) in [4.78, 5) is 33.0. The third-order valence-corrected chi connectivity index (χ3v) is 2.48. The first-order valence-electron chi connectivity index (χ1n) is 5.72. The van der Waals surface area contributed by atoms with Gasteiger partial charge in [0, 0.05) is 5.69 Å². The van der Waals surface area contributed by atoms with E-state index in [1.54, 1.807) is 0 Å². The van der Waals surface area contributed by atoms with E-state index in [2.05, 4.69) is 15.6 Å². The fourth-order valence-electron chi connectivity index (χ4n) is 1.52. The average Bonchev–Trinajstić information content (AvgIpc) is 2.87. The Morgan fingerprint density at radius 3 is 2.29 bits per heavy atom. The van der Waals surface area contributed by atoms with Gasteiger partial charge in [0.2, 0.25) is 5.91 Å². The number of hydrogen-bond donors (Lipinski definition) is 3. The summed E-state index contributed by atoms with van der Waals surface area (Å²) in [5.74, 6) is -2.73. The summed E-state index contributed by atoms with van der Waals surface area (Å²) in [6.45, 7) is -0.207. The lowest BCUT2D eigenvalue weighted by atomic mass is 10.2. The molecule has 1 aromatic carbocycles. The highest BCUT2D eigenvalue weighted by Crippen LogP contribution is 2.09. The van der Waals surface area contributed by atoms with Crippen molar-refractivity contribution in [1.82, 2.24) is 15.0 Å². The van der Waals surface area contributed by atoms with E-state index in [0.717, 1.165) is 10.9 Å². The van der Waals surface area contributed by atoms with Gasteiger partial charge in [-0.2, -0.15) is 0 Å². The molecule has 0 aliphatic heterocycles. The van der Waals surface area contributed by atoms with E-state index in [-0.39, 0.29) is 17.8 Å². The van der Waals surface area contributed by atoms with Crippen molar-refractivity contribution in [2.75, 3.05) is 5.32 Å². The summed E-state index contributed by atoms with van der Waals surface area (Å²) in [7, 11) is 0. The van der Waals surface area contributed by atoms with Crippen molar-refractivity contribution in [2.24, 2.45) is 0 Å². The van der Waals surface area contributed by atoms with Crippen LogP contribution in [-0.4, -0.2) is 43.1 Å². The van der Waals surface area contributed by atoms with Gasteiger partial charge in [-0.05, 0) is 24.3 Å². The van der Waals surface area contributed by atoms with Crippen molar-refractivity contribution < 1.29 is 24.6 Å². The smallest absolute Gasteiger partial charge is 0.358 e. The van der Waals surface area contributed by atoms with Crippen LogP contribution in [0, 0.1) is 0 Å². The quantitative estimate of drug-likeness (QED) is 0.721. The van der Waals surface area contributed by atoms with Gasteiger partial charge in [0.05, 0.1) is 11.8 Å². The first-order valence-corrected chi connectivity index (χ1v) is 5.72. The molecule has 0 saturated heterocycles. The average molecular weight is 290 g/mol. The molecule has 0 aliphatic carbocycles. The van der Waals surface area contributed by atoms with Gasteiger partial charge in [0.1, 0.15) is 6.54 Å². The highest BCUT2D eigenvalue weighted by Gasteiger charge is 2.11. The Balaban J connectivity index is 1.97. The number of aromatic nitrogens is 3. The molecular weight excluding hydrogens is 280 g/mol. The predicted molar refractivity (Wildman–Crippen MR) is 69.0 cm³/mol. The fourth-order valence-corrected chi connectivity index (χ4v) is 1.52. The molecule has 21 heavy (non-hydrogen) atoms. The molecule has 0 unspecified atom stereocenters. The monoisotopic (exact) mass is 290 g/mol. The zero-order valence-corrected chi connectivity index (χ0v) is 10.6. The Morgan fingerprint density at radius 1 is 1.10 bits per heavy atom. The predicted octanol–water partition coefficient (Wildman–Crippen LogP) is 0.313. The third kappa shape index (κ3) is 3.62. The van der Waals surface area contributed by atoms with E-state index in [9.17, 15) is 14.4 Å². The molecular formula is C12H10N4O5. The number of aromatic carboxylic acids is 2. The summed E-state index contributed by atoms with van der Waals surface area (Å²) in [6.07, 6.45) is 1.13. The molecule has 9 nitrogen and oxygen atoms in total. The molecule has 1 amide bonds. The summed E-state index contributed by atoms with van der Waals surface area (Å²) < 4.78 is 1.09. The standard InChI is InChI=1S/C12H10N4O5/c17-10(6-16-5-9(12(20)21)14-15-16)13-8-3-1-7(2-4-8)11(18)19/h1-5H,6H2,(H,13,17)(H,18,19)(H,20,21). The minimum absolute atomic E-state index is 0.107. The van der Waals surface area contributed by atoms with E-state index < -0.39 is 17.8 Å². The van der Waals surface area contributed by atoms with Gasteiger partial charge < -0.3 is 15.5 Å². The molecule has 0 aliphatic rings. The topological polar surface area (TPSA) is 134 Å². The molecule has 1 heterocycles. The Hall–Kier alpha value is -3.23. The second-order valence-corrected chi connectivity index (χ2v) is 4.04. The van der Waals surface area contributed by atoms with E-state index in [0.29, 0.717) is 5.69 Å². The number of carbonyl (C=O) groups is 3. The number of amides is 1. The van der Waals surface area contributed by atoms with E-state index in [1.165, 1.54) is 24.3 Å². The number of carbonyl (C=O) groups excluding carboxylic acids is 1. The Morgan fingerprint density at radius 2 is 1.76 bits per heavy atom. The molecule has 108 valence electrons. The largest absolute Gasteiger partial charge is 0.478 e. The van der Waals surface area contributed by atoms with E-state index >= 15 is 0 Å². The van der Waals surface area contributed by atoms with Crippen LogP contribution in [0.3, 0.4) is 0 Å². The Kier molecular flexibility index (Phi) is 3.93. The first-order chi connectivity index (χ1) is 9.95. The number of carboxylic acids is 2. The maximum atomic E-state index is 11.7. The Bertz CT molecular complexity index is 692. The second-order valence-electron chi connectivity index (χ2n) is 4.04. The van der Waals surface area contributed by atoms with Crippen LogP contribution in [0.25, 0.3) is 0 Å². The lowest BCUT2D eigenvalue weighted by Gasteiger charge is -2.05. The van der Waals surface area contributed by atoms with Crippen LogP contribution in [0.5, 0.6) is 0 Å². The summed E-state index contributed by atoms with van der Waals surface area (Å²) in [5, 5.41) is 26.8. The van der Waals surface area contributed by atoms with Crippen LogP contribution in [-0.2, 0) is 11.3 Å². The van der Waals surface area contributed by atoms with Crippen LogP contribution < -0.4 is 5.32 Å². The third-order valence-electron chi connectivity index (χ3n) is 2.48. The maximum absolute atomic E-state index is 11.7. The number of hydrogen-bond acceptors (Lipinski definition) is 5. The molecule has 0 fully saturated rings. The van der Waals surface area contributed by atoms with Gasteiger partial charge in [0.15, 0.2) is 5.69 Å². The van der Waals surface area contributed by atoms with Crippen molar-refractivity contribution in [3.8, 4) is 0 Å². The summed E-state index contributed by atoms with van der Waals surface area (Å²) >= 11 is 0. The van der Waals surface area contributed by atoms with Gasteiger partial charge in [-0.3, -0.25) is 4.79 Å². The fraction of sp³-hybridized carbons (Fsp3) is 0.0833. The molecule has 0 radical (unpaired) electrons. The lowest BCUT2D eigenvalue weighted by molar-refractivity contribution is -0.116. The van der Waals surface area contributed by atoms with Crippen LogP contribution in [0.4, 0.5) is 5.69 Å². The maximum Gasteiger partial charge on any atom is 0.358 e. The molecule has 0 atom stereocenters. The number of carboxylic acid groups (broad SMARTS) is 2. The first kappa shape index (κ1) is 14.2. The van der Waals surface area contributed by atoms with E-state index in [1.807, 2.05) is 0 Å². The van der Waals surface area contributed by atoms with E-state index in [4.69, 9.17) is 10.2 Å². The molecule has 2 rings (SSSR count). The zero-order valence-electron chi connectivity index (χ0n) is 10.6. The number of nitrogens with one attached hydrogen (secondary N) is 1. The summed E-state index contributed by atoms with van der Waals surface area (Å²) in [6, 6.07) is 5.61. The SMILES string of the molecule is O=C(Cn1cc(C(=O)O)nn1)Nc1ccc(C(=O)O)cc1. The highest BCUT2D eigenvalue weighted by atomic mass is 16.4. The Labute approximate surface area is 117 Å². The van der Waals surface area contributed by atoms with Gasteiger partial charge >= 0.3 is 11.9 Å². The molecule has 0 spiro atoms. The number of benzene rings is 1. The van der Waals surface area contributed by atoms with Crippen molar-refractivity contribution in [2.45, 2.75) is 6.54 Å². The number of nitrogens with zero attached hydrogens (tertiary/aromatic N) is 3. The zero-order chi connectivity index (χ0) is 15.4. The lowest BCUT2D eigenvalue weighted by Crippen LogP contribution is -2.19. The van der Waals surface area contributed by atoms with Crippen LogP contribution >= 0.6 is 0 Å². The van der Waals surface area contributed by atoms with Crippen LogP contribution in [0.15, 0.2) is 30.5 Å². The molecule has 0 bridgehead atoms. The minimum Gasteiger partial charge on any atom is -0.478 e. The number of anilines is 1. The van der Waals surface area contributed by atoms with Gasteiger partial charge in [0.25, 0.3) is 0 Å². The molecule has 2 aromatic rings. The van der Waals surface area contributed by atoms with Crippen molar-refractivity contribution in [3.63, 3.8) is 0 Å². The minimum atomic E-state index is -1.23. The van der Waals surface area contributed by atoms with Crippen molar-refractivity contribution >= 4 is 23.5 Å². The second kappa shape index (κ2) is 5.82. The van der Waals surface area contributed by atoms with Crippen LogP contribution in [0.1, 0.15) is 20.8 Å². The highest BCUT2D eigenvalue weighted by molar-refractivity contribution is 5.92. The molecule has 1 aromatic heterocycles. The van der Waals surface area contributed by atoms with Crippen molar-refractivity contribution in [3.05, 3.63) is 41.7 Å². The molecule has 3 N–H and O–H groups in total. The van der Waals surface area contributed by atoms with Gasteiger partial charge in [-0.25, -0.2) is 14.3 Å². The van der Waals surface area contributed by atoms with Gasteiger partial charge in [-0.1, -0.05) is 5.21 Å². The van der Waals surface area contributed by atoms with Crippen molar-refractivity contribution in [1.29, 1.82) is 0 Å². The van der Waals surface area contributed by atoms with Crippen LogP contribution in [0.2, 0.25) is 0 Å².